The summed E-state index contributed by atoms with van der Waals surface area (Å²) in [7, 11) is 0. The first-order chi connectivity index (χ1) is 8.53. The maximum atomic E-state index is 11.8. The van der Waals surface area contributed by atoms with Crippen LogP contribution in [0.15, 0.2) is 23.8 Å². The van der Waals surface area contributed by atoms with Crippen molar-refractivity contribution in [2.45, 2.75) is 31.8 Å². The molecule has 5 nitrogen and oxygen atoms in total. The standard InChI is InChI=1S/C13H18N2O3/c14-11(16)9-3-1-5-13(7-9,12(15)17)8-10-4-2-6-18-10/h1,3,5,10H,2,4,6-8H2,(H2,14,16)(H2,15,17). The molecule has 5 heteroatoms. The summed E-state index contributed by atoms with van der Waals surface area (Å²) in [4.78, 5) is 23.0. The van der Waals surface area contributed by atoms with E-state index in [9.17, 15) is 9.59 Å². The van der Waals surface area contributed by atoms with Crippen LogP contribution in [-0.2, 0) is 14.3 Å². The Morgan fingerprint density at radius 2 is 2.22 bits per heavy atom. The summed E-state index contributed by atoms with van der Waals surface area (Å²) >= 11 is 0. The number of allylic oxidation sites excluding steroid dienone is 2. The van der Waals surface area contributed by atoms with E-state index in [-0.39, 0.29) is 12.5 Å². The Kier molecular flexibility index (Phi) is 3.52. The van der Waals surface area contributed by atoms with E-state index < -0.39 is 17.2 Å². The lowest BCUT2D eigenvalue weighted by molar-refractivity contribution is -0.127. The summed E-state index contributed by atoms with van der Waals surface area (Å²) < 4.78 is 5.55. The Morgan fingerprint density at radius 3 is 2.78 bits per heavy atom. The Balaban J connectivity index is 2.18. The lowest BCUT2D eigenvalue weighted by Gasteiger charge is -2.31. The highest BCUT2D eigenvalue weighted by molar-refractivity contribution is 5.95. The van der Waals surface area contributed by atoms with Gasteiger partial charge in [0.2, 0.25) is 11.8 Å². The third-order valence-electron chi connectivity index (χ3n) is 3.64. The van der Waals surface area contributed by atoms with Crippen molar-refractivity contribution in [1.82, 2.24) is 0 Å². The smallest absolute Gasteiger partial charge is 0.244 e. The van der Waals surface area contributed by atoms with Crippen LogP contribution in [0.25, 0.3) is 0 Å². The third-order valence-corrected chi connectivity index (χ3v) is 3.64. The van der Waals surface area contributed by atoms with Crippen LogP contribution in [0.4, 0.5) is 0 Å². The van der Waals surface area contributed by atoms with Gasteiger partial charge in [0.25, 0.3) is 0 Å². The fourth-order valence-corrected chi connectivity index (χ4v) is 2.60. The number of primary amides is 2. The SMILES string of the molecule is NC(=O)C1=CC=CC(CC2CCCO2)(C(N)=O)C1. The van der Waals surface area contributed by atoms with Gasteiger partial charge in [-0.05, 0) is 25.7 Å². The van der Waals surface area contributed by atoms with E-state index in [1.54, 1.807) is 18.2 Å². The molecule has 0 bridgehead atoms. The van der Waals surface area contributed by atoms with Gasteiger partial charge in [0, 0.05) is 12.2 Å². The normalized spacial score (nSPS) is 31.1. The number of ether oxygens (including phenoxy) is 1. The van der Waals surface area contributed by atoms with E-state index >= 15 is 0 Å². The molecule has 0 spiro atoms. The molecule has 2 aliphatic rings. The summed E-state index contributed by atoms with van der Waals surface area (Å²) in [5.41, 5.74) is 10.4. The molecule has 4 N–H and O–H groups in total. The predicted molar refractivity (Wildman–Crippen MR) is 66.3 cm³/mol. The predicted octanol–water partition coefficient (Wildman–Crippen LogP) is 0.399. The molecule has 98 valence electrons. The molecule has 18 heavy (non-hydrogen) atoms. The summed E-state index contributed by atoms with van der Waals surface area (Å²) in [6.45, 7) is 0.724. The molecule has 1 fully saturated rings. The second-order valence-electron chi connectivity index (χ2n) is 4.95. The Hall–Kier alpha value is -1.62. The molecule has 0 aromatic rings. The highest BCUT2D eigenvalue weighted by Crippen LogP contribution is 2.38. The van der Waals surface area contributed by atoms with Gasteiger partial charge in [-0.25, -0.2) is 0 Å². The van der Waals surface area contributed by atoms with Crippen molar-refractivity contribution in [2.75, 3.05) is 6.61 Å². The van der Waals surface area contributed by atoms with Crippen molar-refractivity contribution in [1.29, 1.82) is 0 Å². The molecule has 1 aliphatic heterocycles. The van der Waals surface area contributed by atoms with Crippen molar-refractivity contribution < 1.29 is 14.3 Å². The zero-order valence-electron chi connectivity index (χ0n) is 10.2. The average Bonchev–Trinajstić information content (AvgIpc) is 2.81. The van der Waals surface area contributed by atoms with Crippen molar-refractivity contribution >= 4 is 11.8 Å². The summed E-state index contributed by atoms with van der Waals surface area (Å²) in [5.74, 6) is -0.932. The van der Waals surface area contributed by atoms with Crippen LogP contribution >= 0.6 is 0 Å². The van der Waals surface area contributed by atoms with Gasteiger partial charge in [0.1, 0.15) is 0 Å². The van der Waals surface area contributed by atoms with Crippen LogP contribution in [0.3, 0.4) is 0 Å². The second-order valence-corrected chi connectivity index (χ2v) is 4.95. The first-order valence-electron chi connectivity index (χ1n) is 6.13. The number of carbonyl (C=O) groups is 2. The largest absolute Gasteiger partial charge is 0.378 e. The number of carbonyl (C=O) groups excluding carboxylic acids is 2. The minimum absolute atomic E-state index is 0.0365. The maximum Gasteiger partial charge on any atom is 0.244 e. The molecule has 0 aromatic heterocycles. The Morgan fingerprint density at radius 1 is 1.44 bits per heavy atom. The Bertz CT molecular complexity index is 422. The van der Waals surface area contributed by atoms with Crippen LogP contribution in [0, 0.1) is 5.41 Å². The van der Waals surface area contributed by atoms with E-state index in [0.717, 1.165) is 19.4 Å². The molecule has 0 aromatic carbocycles. The first kappa shape index (κ1) is 12.8. The molecule has 1 heterocycles. The Labute approximate surface area is 106 Å². The molecule has 1 aliphatic carbocycles. The van der Waals surface area contributed by atoms with Crippen LogP contribution in [0.1, 0.15) is 25.7 Å². The molecule has 2 amide bonds. The van der Waals surface area contributed by atoms with Gasteiger partial charge in [-0.2, -0.15) is 0 Å². The van der Waals surface area contributed by atoms with Crippen LogP contribution in [0.5, 0.6) is 0 Å². The fraction of sp³-hybridized carbons (Fsp3) is 0.538. The highest BCUT2D eigenvalue weighted by atomic mass is 16.5. The van der Waals surface area contributed by atoms with Gasteiger partial charge in [-0.1, -0.05) is 18.2 Å². The number of hydrogen-bond donors (Lipinski definition) is 2. The third kappa shape index (κ3) is 2.46. The number of rotatable bonds is 4. The molecule has 0 saturated carbocycles. The van der Waals surface area contributed by atoms with Gasteiger partial charge >= 0.3 is 0 Å². The van der Waals surface area contributed by atoms with Gasteiger partial charge in [0.05, 0.1) is 11.5 Å². The summed E-state index contributed by atoms with van der Waals surface area (Å²) in [5, 5.41) is 0. The molecule has 1 saturated heterocycles. The van der Waals surface area contributed by atoms with E-state index in [0.29, 0.717) is 12.0 Å². The van der Waals surface area contributed by atoms with Crippen molar-refractivity contribution in [3.05, 3.63) is 23.8 Å². The lowest BCUT2D eigenvalue weighted by atomic mass is 9.73. The molecule has 2 atom stereocenters. The van der Waals surface area contributed by atoms with Crippen LogP contribution in [-0.4, -0.2) is 24.5 Å². The number of nitrogens with two attached hydrogens (primary N) is 2. The quantitative estimate of drug-likeness (QED) is 0.756. The monoisotopic (exact) mass is 250 g/mol. The average molecular weight is 250 g/mol. The zero-order chi connectivity index (χ0) is 13.2. The van der Waals surface area contributed by atoms with Gasteiger partial charge in [-0.3, -0.25) is 9.59 Å². The molecule has 0 radical (unpaired) electrons. The fourth-order valence-electron chi connectivity index (χ4n) is 2.60. The zero-order valence-corrected chi connectivity index (χ0v) is 10.2. The second kappa shape index (κ2) is 4.94. The minimum atomic E-state index is -0.839. The first-order valence-corrected chi connectivity index (χ1v) is 6.13. The minimum Gasteiger partial charge on any atom is -0.378 e. The highest BCUT2D eigenvalue weighted by Gasteiger charge is 2.40. The van der Waals surface area contributed by atoms with Gasteiger partial charge in [0.15, 0.2) is 0 Å². The van der Waals surface area contributed by atoms with Gasteiger partial charge in [-0.15, -0.1) is 0 Å². The van der Waals surface area contributed by atoms with Crippen molar-refractivity contribution in [3.63, 3.8) is 0 Å². The van der Waals surface area contributed by atoms with E-state index in [1.807, 2.05) is 0 Å². The molecule has 2 unspecified atom stereocenters. The number of amides is 2. The molecular weight excluding hydrogens is 232 g/mol. The van der Waals surface area contributed by atoms with Crippen molar-refractivity contribution in [3.8, 4) is 0 Å². The summed E-state index contributed by atoms with van der Waals surface area (Å²) in [6.07, 6.45) is 7.85. The van der Waals surface area contributed by atoms with Crippen molar-refractivity contribution in [2.24, 2.45) is 16.9 Å². The van der Waals surface area contributed by atoms with E-state index in [1.165, 1.54) is 0 Å². The molecule has 2 rings (SSSR count). The topological polar surface area (TPSA) is 95.4 Å². The maximum absolute atomic E-state index is 11.8. The van der Waals surface area contributed by atoms with E-state index in [4.69, 9.17) is 16.2 Å². The number of hydrogen-bond acceptors (Lipinski definition) is 3. The van der Waals surface area contributed by atoms with E-state index in [2.05, 4.69) is 0 Å². The van der Waals surface area contributed by atoms with Gasteiger partial charge < -0.3 is 16.2 Å². The van der Waals surface area contributed by atoms with Crippen LogP contribution in [0.2, 0.25) is 0 Å². The summed E-state index contributed by atoms with van der Waals surface area (Å²) in [6, 6.07) is 0. The van der Waals surface area contributed by atoms with Crippen LogP contribution < -0.4 is 11.5 Å². The molecular formula is C13H18N2O3. The lowest BCUT2D eigenvalue weighted by Crippen LogP contribution is -2.40.